The number of nitrogens with one attached hydrogen (secondary N) is 1. The molecule has 0 fully saturated rings. The Bertz CT molecular complexity index is 780. The lowest BCUT2D eigenvalue weighted by atomic mass is 10.1. The quantitative estimate of drug-likeness (QED) is 0.646. The minimum Gasteiger partial charge on any atom is -0.497 e. The van der Waals surface area contributed by atoms with E-state index in [1.165, 1.54) is 21.6 Å². The number of rotatable bonds is 7. The van der Waals surface area contributed by atoms with Gasteiger partial charge in [-0.2, -0.15) is 0 Å². The fraction of sp³-hybridized carbons (Fsp3) is 0.250. The highest BCUT2D eigenvalue weighted by atomic mass is 32.1. The normalized spacial score (nSPS) is 10.8. The molecule has 3 rings (SSSR count). The standard InChI is InChI=1S/C20H22N2OS/c1-15-4-3-5-17(12-15)19-13-22-20(24-19)14-21-11-10-16-6-8-18(23-2)9-7-16/h3-9,12-13,21H,10-11,14H2,1-2H3. The Labute approximate surface area is 147 Å². The molecule has 0 aliphatic rings. The maximum Gasteiger partial charge on any atom is 0.118 e. The second kappa shape index (κ2) is 8.08. The Hall–Kier alpha value is -2.17. The summed E-state index contributed by atoms with van der Waals surface area (Å²) in [6.45, 7) is 3.87. The molecule has 1 N–H and O–H groups in total. The van der Waals surface area contributed by atoms with Crippen molar-refractivity contribution in [1.82, 2.24) is 10.3 Å². The molecule has 3 aromatic rings. The van der Waals surface area contributed by atoms with Crippen molar-refractivity contribution in [3.8, 4) is 16.2 Å². The summed E-state index contributed by atoms with van der Waals surface area (Å²) in [7, 11) is 1.69. The van der Waals surface area contributed by atoms with Crippen LogP contribution in [-0.2, 0) is 13.0 Å². The Morgan fingerprint density at radius 3 is 2.71 bits per heavy atom. The lowest BCUT2D eigenvalue weighted by molar-refractivity contribution is 0.414. The first kappa shape index (κ1) is 16.7. The third-order valence-corrected chi connectivity index (χ3v) is 4.93. The molecule has 0 bridgehead atoms. The molecule has 0 radical (unpaired) electrons. The van der Waals surface area contributed by atoms with E-state index in [2.05, 4.69) is 53.6 Å². The van der Waals surface area contributed by atoms with E-state index in [0.29, 0.717) is 0 Å². The highest BCUT2D eigenvalue weighted by Gasteiger charge is 2.04. The fourth-order valence-corrected chi connectivity index (χ4v) is 3.43. The van der Waals surface area contributed by atoms with E-state index in [0.717, 1.165) is 30.3 Å². The van der Waals surface area contributed by atoms with Crippen molar-refractivity contribution in [2.75, 3.05) is 13.7 Å². The van der Waals surface area contributed by atoms with Crippen molar-refractivity contribution < 1.29 is 4.74 Å². The summed E-state index contributed by atoms with van der Waals surface area (Å²) < 4.78 is 5.18. The first-order valence-electron chi connectivity index (χ1n) is 8.10. The number of nitrogens with zero attached hydrogens (tertiary/aromatic N) is 1. The van der Waals surface area contributed by atoms with Crippen LogP contribution < -0.4 is 10.1 Å². The SMILES string of the molecule is COc1ccc(CCNCc2ncc(-c3cccc(C)c3)s2)cc1. The van der Waals surface area contributed by atoms with Gasteiger partial charge in [0.1, 0.15) is 10.8 Å². The van der Waals surface area contributed by atoms with Crippen molar-refractivity contribution in [1.29, 1.82) is 0 Å². The number of methoxy groups -OCH3 is 1. The Morgan fingerprint density at radius 2 is 1.96 bits per heavy atom. The first-order chi connectivity index (χ1) is 11.7. The van der Waals surface area contributed by atoms with Gasteiger partial charge in [0.25, 0.3) is 0 Å². The van der Waals surface area contributed by atoms with Gasteiger partial charge in [0.2, 0.25) is 0 Å². The third-order valence-electron chi connectivity index (χ3n) is 3.88. The van der Waals surface area contributed by atoms with Gasteiger partial charge in [0.15, 0.2) is 0 Å². The summed E-state index contributed by atoms with van der Waals surface area (Å²) in [5.74, 6) is 0.901. The zero-order valence-electron chi connectivity index (χ0n) is 14.1. The molecule has 0 unspecified atom stereocenters. The smallest absolute Gasteiger partial charge is 0.118 e. The van der Waals surface area contributed by atoms with Gasteiger partial charge in [-0.1, -0.05) is 42.0 Å². The number of ether oxygens (including phenoxy) is 1. The summed E-state index contributed by atoms with van der Waals surface area (Å²) in [6.07, 6.45) is 2.97. The molecular weight excluding hydrogens is 316 g/mol. The lowest BCUT2D eigenvalue weighted by Gasteiger charge is -2.04. The summed E-state index contributed by atoms with van der Waals surface area (Å²) >= 11 is 1.76. The second-order valence-electron chi connectivity index (χ2n) is 5.76. The molecule has 124 valence electrons. The van der Waals surface area contributed by atoms with Gasteiger partial charge in [-0.3, -0.25) is 0 Å². The van der Waals surface area contributed by atoms with Crippen molar-refractivity contribution in [2.45, 2.75) is 19.9 Å². The van der Waals surface area contributed by atoms with Gasteiger partial charge in [-0.15, -0.1) is 11.3 Å². The molecule has 0 saturated carbocycles. The fourth-order valence-electron chi connectivity index (χ4n) is 2.54. The summed E-state index contributed by atoms with van der Waals surface area (Å²) in [5.41, 5.74) is 3.83. The Morgan fingerprint density at radius 1 is 1.12 bits per heavy atom. The van der Waals surface area contributed by atoms with Gasteiger partial charge >= 0.3 is 0 Å². The molecule has 1 aromatic heterocycles. The zero-order chi connectivity index (χ0) is 16.8. The maximum absolute atomic E-state index is 5.18. The van der Waals surface area contributed by atoms with Crippen LogP contribution in [0.15, 0.2) is 54.7 Å². The topological polar surface area (TPSA) is 34.1 Å². The first-order valence-corrected chi connectivity index (χ1v) is 8.91. The number of aryl methyl sites for hydroxylation is 1. The van der Waals surface area contributed by atoms with Crippen LogP contribution in [0.4, 0.5) is 0 Å². The molecule has 24 heavy (non-hydrogen) atoms. The Kier molecular flexibility index (Phi) is 5.62. The van der Waals surface area contributed by atoms with Gasteiger partial charge < -0.3 is 10.1 Å². The predicted molar refractivity (Wildman–Crippen MR) is 101 cm³/mol. The van der Waals surface area contributed by atoms with Crippen molar-refractivity contribution >= 4 is 11.3 Å². The van der Waals surface area contributed by atoms with Crippen molar-refractivity contribution in [2.24, 2.45) is 0 Å². The van der Waals surface area contributed by atoms with E-state index in [9.17, 15) is 0 Å². The van der Waals surface area contributed by atoms with E-state index >= 15 is 0 Å². The summed E-state index contributed by atoms with van der Waals surface area (Å²) in [5, 5.41) is 4.60. The van der Waals surface area contributed by atoms with Crippen molar-refractivity contribution in [3.63, 3.8) is 0 Å². The lowest BCUT2D eigenvalue weighted by Crippen LogP contribution is -2.16. The number of aromatic nitrogens is 1. The van der Waals surface area contributed by atoms with Crippen LogP contribution in [0.2, 0.25) is 0 Å². The summed E-state index contributed by atoms with van der Waals surface area (Å²) in [4.78, 5) is 5.76. The van der Waals surface area contributed by atoms with Gasteiger partial charge in [0.05, 0.1) is 12.0 Å². The van der Waals surface area contributed by atoms with Crippen LogP contribution in [0.25, 0.3) is 10.4 Å². The van der Waals surface area contributed by atoms with Crippen LogP contribution in [0.1, 0.15) is 16.1 Å². The molecule has 1 heterocycles. The van der Waals surface area contributed by atoms with E-state index in [-0.39, 0.29) is 0 Å². The van der Waals surface area contributed by atoms with Gasteiger partial charge in [0, 0.05) is 12.7 Å². The van der Waals surface area contributed by atoms with Gasteiger partial charge in [-0.25, -0.2) is 4.98 Å². The van der Waals surface area contributed by atoms with Crippen LogP contribution >= 0.6 is 11.3 Å². The van der Waals surface area contributed by atoms with Crippen molar-refractivity contribution in [3.05, 3.63) is 70.9 Å². The second-order valence-corrected chi connectivity index (χ2v) is 6.88. The molecule has 0 aliphatic heterocycles. The average molecular weight is 338 g/mol. The molecule has 2 aromatic carbocycles. The minimum atomic E-state index is 0.812. The highest BCUT2D eigenvalue weighted by Crippen LogP contribution is 2.26. The number of hydrogen-bond donors (Lipinski definition) is 1. The molecule has 0 aliphatic carbocycles. The number of thiazole rings is 1. The Balaban J connectivity index is 1.48. The maximum atomic E-state index is 5.18. The third kappa shape index (κ3) is 4.43. The number of benzene rings is 2. The van der Waals surface area contributed by atoms with E-state index in [1.807, 2.05) is 18.3 Å². The van der Waals surface area contributed by atoms with Crippen LogP contribution in [0.3, 0.4) is 0 Å². The van der Waals surface area contributed by atoms with Crippen LogP contribution in [0.5, 0.6) is 5.75 Å². The minimum absolute atomic E-state index is 0.812. The largest absolute Gasteiger partial charge is 0.497 e. The summed E-state index contributed by atoms with van der Waals surface area (Å²) in [6, 6.07) is 16.8. The number of hydrogen-bond acceptors (Lipinski definition) is 4. The van der Waals surface area contributed by atoms with E-state index in [4.69, 9.17) is 4.74 Å². The van der Waals surface area contributed by atoms with Crippen LogP contribution in [-0.4, -0.2) is 18.6 Å². The molecule has 4 heteroatoms. The van der Waals surface area contributed by atoms with E-state index in [1.54, 1.807) is 18.4 Å². The predicted octanol–water partition coefficient (Wildman–Crippen LogP) is 4.46. The van der Waals surface area contributed by atoms with E-state index < -0.39 is 0 Å². The van der Waals surface area contributed by atoms with Crippen LogP contribution in [0, 0.1) is 6.92 Å². The average Bonchev–Trinajstić information content (AvgIpc) is 3.08. The molecule has 0 amide bonds. The molecular formula is C20H22N2OS. The zero-order valence-corrected chi connectivity index (χ0v) is 14.9. The molecule has 3 nitrogen and oxygen atoms in total. The molecule has 0 saturated heterocycles. The highest BCUT2D eigenvalue weighted by molar-refractivity contribution is 7.15. The van der Waals surface area contributed by atoms with Gasteiger partial charge in [-0.05, 0) is 43.1 Å². The molecule has 0 spiro atoms. The molecule has 0 atom stereocenters. The monoisotopic (exact) mass is 338 g/mol.